The average molecular weight is 423 g/mol. The van der Waals surface area contributed by atoms with Crippen LogP contribution in [-0.2, 0) is 9.53 Å². The highest BCUT2D eigenvalue weighted by Gasteiger charge is 2.17. The highest BCUT2D eigenvalue weighted by Crippen LogP contribution is 2.29. The van der Waals surface area contributed by atoms with E-state index in [1.165, 1.54) is 11.8 Å². The minimum Gasteiger partial charge on any atom is -0.497 e. The minimum absolute atomic E-state index is 0.0893. The molecule has 1 amide bonds. The number of benzene rings is 2. The van der Waals surface area contributed by atoms with Crippen LogP contribution in [0.4, 0.5) is 0 Å². The van der Waals surface area contributed by atoms with Gasteiger partial charge in [-0.2, -0.15) is 0 Å². The molecule has 2 heterocycles. The van der Waals surface area contributed by atoms with Gasteiger partial charge < -0.3 is 14.8 Å². The topological polar surface area (TPSA) is 90.6 Å². The summed E-state index contributed by atoms with van der Waals surface area (Å²) in [7, 11) is 3.23. The molecule has 30 heavy (non-hydrogen) atoms. The predicted octanol–water partition coefficient (Wildman–Crippen LogP) is 2.81. The molecule has 0 aliphatic carbocycles. The van der Waals surface area contributed by atoms with Gasteiger partial charge >= 0.3 is 0 Å². The zero-order valence-electron chi connectivity index (χ0n) is 16.7. The summed E-state index contributed by atoms with van der Waals surface area (Å²) in [5, 5.41) is 13.1. The van der Waals surface area contributed by atoms with Gasteiger partial charge in [0.15, 0.2) is 10.8 Å². The van der Waals surface area contributed by atoms with Crippen molar-refractivity contribution in [1.29, 1.82) is 0 Å². The predicted molar refractivity (Wildman–Crippen MR) is 116 cm³/mol. The SMILES string of the molecule is COCCNC(=O)CSc1nnc2c3ccccc3nc(-c3ccc(OC)cc3)n12. The van der Waals surface area contributed by atoms with Crippen LogP contribution in [-0.4, -0.2) is 58.6 Å². The molecule has 0 spiro atoms. The number of rotatable bonds is 8. The van der Waals surface area contributed by atoms with Gasteiger partial charge in [-0.25, -0.2) is 4.98 Å². The second kappa shape index (κ2) is 9.10. The molecular formula is C21H21N5O3S. The Bertz CT molecular complexity index is 1180. The second-order valence-electron chi connectivity index (χ2n) is 6.45. The largest absolute Gasteiger partial charge is 0.497 e. The first-order valence-corrected chi connectivity index (χ1v) is 10.4. The lowest BCUT2D eigenvalue weighted by Gasteiger charge is -2.10. The number of ether oxygens (including phenoxy) is 2. The molecule has 9 heteroatoms. The van der Waals surface area contributed by atoms with Gasteiger partial charge in [-0.1, -0.05) is 23.9 Å². The highest BCUT2D eigenvalue weighted by atomic mass is 32.2. The zero-order chi connectivity index (χ0) is 20.9. The van der Waals surface area contributed by atoms with Crippen LogP contribution in [0.25, 0.3) is 27.9 Å². The fourth-order valence-corrected chi connectivity index (χ4v) is 3.82. The third-order valence-corrected chi connectivity index (χ3v) is 5.45. The molecule has 0 saturated heterocycles. The van der Waals surface area contributed by atoms with E-state index in [0.29, 0.717) is 29.8 Å². The van der Waals surface area contributed by atoms with Gasteiger partial charge in [-0.15, -0.1) is 10.2 Å². The molecule has 4 aromatic rings. The standard InChI is InChI=1S/C21H21N5O3S/c1-28-12-11-22-18(27)13-30-21-25-24-20-16-5-3-4-6-17(16)23-19(26(20)21)14-7-9-15(29-2)10-8-14/h3-10H,11-13H2,1-2H3,(H,22,27). The van der Waals surface area contributed by atoms with Crippen molar-refractivity contribution < 1.29 is 14.3 Å². The van der Waals surface area contributed by atoms with Gasteiger partial charge in [0.1, 0.15) is 11.6 Å². The van der Waals surface area contributed by atoms with Crippen molar-refractivity contribution in [1.82, 2.24) is 24.9 Å². The van der Waals surface area contributed by atoms with Crippen LogP contribution in [0.15, 0.2) is 53.7 Å². The summed E-state index contributed by atoms with van der Waals surface area (Å²) < 4.78 is 12.1. The Morgan fingerprint density at radius 2 is 1.90 bits per heavy atom. The number of amides is 1. The molecule has 0 fully saturated rings. The Hall–Kier alpha value is -3.17. The Labute approximate surface area is 177 Å². The maximum atomic E-state index is 12.1. The molecular weight excluding hydrogens is 402 g/mol. The van der Waals surface area contributed by atoms with Gasteiger partial charge in [-0.05, 0) is 36.4 Å². The maximum Gasteiger partial charge on any atom is 0.230 e. The average Bonchev–Trinajstić information content (AvgIpc) is 3.22. The van der Waals surface area contributed by atoms with Crippen LogP contribution >= 0.6 is 11.8 Å². The van der Waals surface area contributed by atoms with Crippen LogP contribution in [0.5, 0.6) is 5.75 Å². The van der Waals surface area contributed by atoms with E-state index >= 15 is 0 Å². The van der Waals surface area contributed by atoms with Crippen molar-refractivity contribution >= 4 is 34.2 Å². The molecule has 8 nitrogen and oxygen atoms in total. The van der Waals surface area contributed by atoms with E-state index in [-0.39, 0.29) is 11.7 Å². The van der Waals surface area contributed by atoms with Crippen LogP contribution in [0.2, 0.25) is 0 Å². The molecule has 0 saturated carbocycles. The summed E-state index contributed by atoms with van der Waals surface area (Å²) >= 11 is 1.32. The van der Waals surface area contributed by atoms with E-state index in [4.69, 9.17) is 14.5 Å². The van der Waals surface area contributed by atoms with E-state index in [2.05, 4.69) is 15.5 Å². The van der Waals surface area contributed by atoms with Gasteiger partial charge in [0.05, 0.1) is 25.0 Å². The summed E-state index contributed by atoms with van der Waals surface area (Å²) in [5.41, 5.74) is 2.43. The van der Waals surface area contributed by atoms with Crippen LogP contribution in [0.3, 0.4) is 0 Å². The van der Waals surface area contributed by atoms with Crippen molar-refractivity contribution in [3.05, 3.63) is 48.5 Å². The fraction of sp³-hybridized carbons (Fsp3) is 0.238. The molecule has 0 aliphatic heterocycles. The van der Waals surface area contributed by atoms with Crippen LogP contribution in [0.1, 0.15) is 0 Å². The van der Waals surface area contributed by atoms with Crippen molar-refractivity contribution in [2.45, 2.75) is 5.16 Å². The van der Waals surface area contributed by atoms with Crippen molar-refractivity contribution in [3.8, 4) is 17.1 Å². The molecule has 0 atom stereocenters. The minimum atomic E-state index is -0.0893. The molecule has 0 unspecified atom stereocenters. The van der Waals surface area contributed by atoms with E-state index in [1.54, 1.807) is 14.2 Å². The number of aromatic nitrogens is 4. The number of para-hydroxylation sites is 1. The first-order valence-electron chi connectivity index (χ1n) is 9.38. The monoisotopic (exact) mass is 423 g/mol. The summed E-state index contributed by atoms with van der Waals surface area (Å²) in [4.78, 5) is 17.0. The number of carbonyl (C=O) groups is 1. The van der Waals surface area contributed by atoms with E-state index in [1.807, 2.05) is 52.9 Å². The lowest BCUT2D eigenvalue weighted by atomic mass is 10.1. The first kappa shape index (κ1) is 20.1. The third kappa shape index (κ3) is 4.07. The molecule has 154 valence electrons. The third-order valence-electron chi connectivity index (χ3n) is 4.53. The molecule has 4 rings (SSSR count). The maximum absolute atomic E-state index is 12.1. The number of hydrogen-bond donors (Lipinski definition) is 1. The summed E-state index contributed by atoms with van der Waals surface area (Å²) in [6.07, 6.45) is 0. The molecule has 0 aliphatic rings. The smallest absolute Gasteiger partial charge is 0.230 e. The van der Waals surface area contributed by atoms with Crippen molar-refractivity contribution in [2.24, 2.45) is 0 Å². The van der Waals surface area contributed by atoms with Crippen molar-refractivity contribution in [2.75, 3.05) is 33.1 Å². The number of hydrogen-bond acceptors (Lipinski definition) is 7. The van der Waals surface area contributed by atoms with Crippen LogP contribution < -0.4 is 10.1 Å². The number of methoxy groups -OCH3 is 2. The number of thioether (sulfide) groups is 1. The molecule has 1 N–H and O–H groups in total. The fourth-order valence-electron chi connectivity index (χ4n) is 3.06. The van der Waals surface area contributed by atoms with E-state index in [0.717, 1.165) is 22.2 Å². The van der Waals surface area contributed by atoms with E-state index < -0.39 is 0 Å². The van der Waals surface area contributed by atoms with Crippen molar-refractivity contribution in [3.63, 3.8) is 0 Å². The van der Waals surface area contributed by atoms with Gasteiger partial charge in [0.2, 0.25) is 5.91 Å². The Morgan fingerprint density at radius 3 is 2.67 bits per heavy atom. The molecule has 0 radical (unpaired) electrons. The molecule has 2 aromatic carbocycles. The van der Waals surface area contributed by atoms with Gasteiger partial charge in [0.25, 0.3) is 0 Å². The quantitative estimate of drug-likeness (QED) is 0.344. The number of carbonyl (C=O) groups excluding carboxylic acids is 1. The first-order chi connectivity index (χ1) is 14.7. The normalized spacial score (nSPS) is 11.1. The zero-order valence-corrected chi connectivity index (χ0v) is 17.5. The lowest BCUT2D eigenvalue weighted by Crippen LogP contribution is -2.28. The Balaban J connectivity index is 1.74. The number of nitrogens with one attached hydrogen (secondary N) is 1. The van der Waals surface area contributed by atoms with E-state index in [9.17, 15) is 4.79 Å². The van der Waals surface area contributed by atoms with Gasteiger partial charge in [0, 0.05) is 24.6 Å². The lowest BCUT2D eigenvalue weighted by molar-refractivity contribution is -0.118. The number of nitrogens with zero attached hydrogens (tertiary/aromatic N) is 4. The highest BCUT2D eigenvalue weighted by molar-refractivity contribution is 7.99. The van der Waals surface area contributed by atoms with Crippen LogP contribution in [0, 0.1) is 0 Å². The summed E-state index contributed by atoms with van der Waals surface area (Å²) in [6, 6.07) is 15.5. The number of fused-ring (bicyclic) bond motifs is 3. The summed E-state index contributed by atoms with van der Waals surface area (Å²) in [5.74, 6) is 1.61. The molecule has 2 aromatic heterocycles. The summed E-state index contributed by atoms with van der Waals surface area (Å²) in [6.45, 7) is 0.946. The van der Waals surface area contributed by atoms with Gasteiger partial charge in [-0.3, -0.25) is 9.20 Å². The second-order valence-corrected chi connectivity index (χ2v) is 7.40. The Kier molecular flexibility index (Phi) is 6.10. The molecule has 0 bridgehead atoms. The Morgan fingerprint density at radius 1 is 1.10 bits per heavy atom.